The van der Waals surface area contributed by atoms with E-state index < -0.39 is 6.10 Å². The topological polar surface area (TPSA) is 32.3 Å². The molecule has 0 saturated heterocycles. The molecule has 0 aliphatic carbocycles. The Bertz CT molecular complexity index is 694. The van der Waals surface area contributed by atoms with Crippen molar-refractivity contribution in [1.29, 1.82) is 0 Å². The fraction of sp³-hybridized carbons (Fsp3) is 0.368. The first-order valence-corrected chi connectivity index (χ1v) is 9.75. The largest absolute Gasteiger partial charge is 0.391 e. The Balaban J connectivity index is 1.80. The molecule has 0 aliphatic heterocycles. The normalized spacial score (nSPS) is 13.0. The van der Waals surface area contributed by atoms with Gasteiger partial charge in [0, 0.05) is 22.7 Å². The van der Waals surface area contributed by atoms with E-state index in [0.717, 1.165) is 16.9 Å². The van der Waals surface area contributed by atoms with Crippen molar-refractivity contribution in [3.63, 3.8) is 0 Å². The third-order valence-electron chi connectivity index (χ3n) is 3.72. The molecule has 2 aromatic rings. The molecule has 0 radical (unpaired) electrons. The smallest absolute Gasteiger partial charge is 0.123 e. The van der Waals surface area contributed by atoms with E-state index in [2.05, 4.69) is 19.2 Å². The van der Waals surface area contributed by atoms with Crippen LogP contribution in [0.25, 0.3) is 0 Å². The zero-order chi connectivity index (χ0) is 18.4. The van der Waals surface area contributed by atoms with Gasteiger partial charge in [-0.25, -0.2) is 4.39 Å². The first-order valence-electron chi connectivity index (χ1n) is 8.01. The highest BCUT2D eigenvalue weighted by Crippen LogP contribution is 2.33. The van der Waals surface area contributed by atoms with Crippen molar-refractivity contribution in [2.24, 2.45) is 0 Å². The fourth-order valence-electron chi connectivity index (χ4n) is 2.41. The zero-order valence-electron chi connectivity index (χ0n) is 14.2. The zero-order valence-corrected chi connectivity index (χ0v) is 16.6. The maximum atomic E-state index is 13.0. The highest BCUT2D eigenvalue weighted by atomic mass is 35.5. The lowest BCUT2D eigenvalue weighted by Gasteiger charge is -2.28. The monoisotopic (exact) mass is 401 g/mol. The van der Waals surface area contributed by atoms with Crippen LogP contribution in [0.3, 0.4) is 0 Å². The van der Waals surface area contributed by atoms with Crippen molar-refractivity contribution in [2.75, 3.05) is 12.3 Å². The molecule has 0 heterocycles. The third kappa shape index (κ3) is 6.80. The second kappa shape index (κ2) is 9.24. The van der Waals surface area contributed by atoms with Crippen molar-refractivity contribution < 1.29 is 9.50 Å². The van der Waals surface area contributed by atoms with E-state index >= 15 is 0 Å². The van der Waals surface area contributed by atoms with Crippen molar-refractivity contribution in [1.82, 2.24) is 5.32 Å². The van der Waals surface area contributed by atoms with Crippen LogP contribution in [-0.4, -0.2) is 29.0 Å². The average Bonchev–Trinajstić information content (AvgIpc) is 2.56. The second-order valence-corrected chi connectivity index (χ2v) is 8.43. The lowest BCUT2D eigenvalue weighted by molar-refractivity contribution is 0.180. The molecule has 1 atom stereocenters. The molecule has 0 aliphatic rings. The van der Waals surface area contributed by atoms with Gasteiger partial charge in [0.2, 0.25) is 0 Å². The number of aliphatic hydroxyl groups is 1. The van der Waals surface area contributed by atoms with Gasteiger partial charge in [-0.15, -0.1) is 11.8 Å². The van der Waals surface area contributed by atoms with Crippen molar-refractivity contribution in [3.8, 4) is 0 Å². The number of halogens is 3. The molecule has 0 spiro atoms. The molecule has 2 aromatic carbocycles. The third-order valence-corrected chi connectivity index (χ3v) is 5.86. The van der Waals surface area contributed by atoms with Gasteiger partial charge < -0.3 is 10.4 Å². The fourth-order valence-corrected chi connectivity index (χ4v) is 3.83. The van der Waals surface area contributed by atoms with Gasteiger partial charge in [-0.1, -0.05) is 41.4 Å². The number of β-amino-alcohol motifs (C(OH)–C–C–N with tert-alkyl or cyclic N) is 1. The molecule has 0 fully saturated rings. The molecular formula is C19H22Cl2FNOS. The Kier molecular flexibility index (Phi) is 7.59. The van der Waals surface area contributed by atoms with E-state index in [1.165, 1.54) is 23.9 Å². The van der Waals surface area contributed by atoms with Gasteiger partial charge >= 0.3 is 0 Å². The molecule has 0 aromatic heterocycles. The van der Waals surface area contributed by atoms with E-state index in [9.17, 15) is 9.50 Å². The summed E-state index contributed by atoms with van der Waals surface area (Å²) in [5.74, 6) is 0.279. The van der Waals surface area contributed by atoms with Crippen molar-refractivity contribution in [2.45, 2.75) is 36.8 Å². The molecule has 25 heavy (non-hydrogen) atoms. The van der Waals surface area contributed by atoms with Crippen LogP contribution in [0.5, 0.6) is 0 Å². The maximum absolute atomic E-state index is 13.0. The SMILES string of the molecule is CC(C)(Cc1ccc(F)cc1)NC[C@@H](O)CSc1cccc(Cl)c1Cl. The summed E-state index contributed by atoms with van der Waals surface area (Å²) in [4.78, 5) is 0.860. The average molecular weight is 402 g/mol. The van der Waals surface area contributed by atoms with Gasteiger partial charge in [0.25, 0.3) is 0 Å². The van der Waals surface area contributed by atoms with Crippen LogP contribution in [-0.2, 0) is 6.42 Å². The van der Waals surface area contributed by atoms with Crippen LogP contribution in [0.4, 0.5) is 4.39 Å². The van der Waals surface area contributed by atoms with E-state index in [1.54, 1.807) is 18.2 Å². The van der Waals surface area contributed by atoms with Crippen LogP contribution in [0.2, 0.25) is 10.0 Å². The summed E-state index contributed by atoms with van der Waals surface area (Å²) in [7, 11) is 0. The van der Waals surface area contributed by atoms with Crippen LogP contribution < -0.4 is 5.32 Å². The Hall–Kier alpha value is -0.780. The van der Waals surface area contributed by atoms with Gasteiger partial charge in [0.15, 0.2) is 0 Å². The highest BCUT2D eigenvalue weighted by molar-refractivity contribution is 7.99. The van der Waals surface area contributed by atoms with Crippen molar-refractivity contribution in [3.05, 3.63) is 63.9 Å². The first-order chi connectivity index (χ1) is 11.8. The van der Waals surface area contributed by atoms with Crippen LogP contribution in [0.1, 0.15) is 19.4 Å². The molecular weight excluding hydrogens is 380 g/mol. The molecule has 2 nitrogen and oxygen atoms in total. The number of aliphatic hydroxyl groups excluding tert-OH is 1. The summed E-state index contributed by atoms with van der Waals surface area (Å²) in [5.41, 5.74) is 0.838. The Morgan fingerprint density at radius 2 is 1.84 bits per heavy atom. The summed E-state index contributed by atoms with van der Waals surface area (Å²) in [5, 5.41) is 14.6. The predicted molar refractivity (Wildman–Crippen MR) is 105 cm³/mol. The standard InChI is InChI=1S/C19H22Cl2FNOS/c1-19(2,10-13-6-8-14(22)9-7-13)23-11-15(24)12-25-17-5-3-4-16(20)18(17)21/h3-9,15,23-24H,10-12H2,1-2H3/t15-/m1/s1. The Labute approximate surface area is 162 Å². The summed E-state index contributed by atoms with van der Waals surface area (Å²) < 4.78 is 13.0. The Morgan fingerprint density at radius 3 is 2.52 bits per heavy atom. The number of nitrogens with one attached hydrogen (secondary N) is 1. The lowest BCUT2D eigenvalue weighted by Crippen LogP contribution is -2.45. The minimum absolute atomic E-state index is 0.211. The second-order valence-electron chi connectivity index (χ2n) is 6.58. The maximum Gasteiger partial charge on any atom is 0.123 e. The summed E-state index contributed by atoms with van der Waals surface area (Å²) in [6, 6.07) is 12.0. The van der Waals surface area contributed by atoms with E-state index in [0.29, 0.717) is 22.3 Å². The molecule has 0 saturated carbocycles. The van der Waals surface area contributed by atoms with Crippen LogP contribution in [0, 0.1) is 5.82 Å². The van der Waals surface area contributed by atoms with Crippen LogP contribution >= 0.6 is 35.0 Å². The molecule has 0 bridgehead atoms. The van der Waals surface area contributed by atoms with E-state index in [4.69, 9.17) is 23.2 Å². The highest BCUT2D eigenvalue weighted by Gasteiger charge is 2.19. The first kappa shape index (κ1) is 20.5. The van der Waals surface area contributed by atoms with Gasteiger partial charge in [-0.2, -0.15) is 0 Å². The summed E-state index contributed by atoms with van der Waals surface area (Å²) >= 11 is 13.6. The molecule has 0 amide bonds. The quantitative estimate of drug-likeness (QED) is 0.596. The number of benzene rings is 2. The number of hydrogen-bond acceptors (Lipinski definition) is 3. The number of hydrogen-bond donors (Lipinski definition) is 2. The molecule has 6 heteroatoms. The minimum Gasteiger partial charge on any atom is -0.391 e. The minimum atomic E-state index is -0.521. The summed E-state index contributed by atoms with van der Waals surface area (Å²) in [6.45, 7) is 4.58. The van der Waals surface area contributed by atoms with Gasteiger partial charge in [-0.3, -0.25) is 0 Å². The van der Waals surface area contributed by atoms with E-state index in [1.807, 2.05) is 12.1 Å². The number of thioether (sulfide) groups is 1. The molecule has 2 rings (SSSR count). The summed E-state index contributed by atoms with van der Waals surface area (Å²) in [6.07, 6.45) is 0.223. The predicted octanol–water partition coefficient (Wildman–Crippen LogP) is 5.20. The lowest BCUT2D eigenvalue weighted by atomic mass is 9.95. The molecule has 136 valence electrons. The molecule has 0 unspecified atom stereocenters. The van der Waals surface area contributed by atoms with Crippen molar-refractivity contribution >= 4 is 35.0 Å². The molecule has 2 N–H and O–H groups in total. The van der Waals surface area contributed by atoms with E-state index in [-0.39, 0.29) is 11.4 Å². The van der Waals surface area contributed by atoms with Gasteiger partial charge in [-0.05, 0) is 50.1 Å². The van der Waals surface area contributed by atoms with Gasteiger partial charge in [0.05, 0.1) is 16.1 Å². The number of rotatable bonds is 8. The van der Waals surface area contributed by atoms with Gasteiger partial charge in [0.1, 0.15) is 5.82 Å². The Morgan fingerprint density at radius 1 is 1.16 bits per heavy atom. The van der Waals surface area contributed by atoms with Crippen LogP contribution in [0.15, 0.2) is 47.4 Å².